The second-order valence-electron chi connectivity index (χ2n) is 3.58. The van der Waals surface area contributed by atoms with E-state index in [0.29, 0.717) is 15.6 Å². The molecule has 5 nitrogen and oxygen atoms in total. The highest BCUT2D eigenvalue weighted by molar-refractivity contribution is 6.34. The van der Waals surface area contributed by atoms with Crippen molar-refractivity contribution in [1.29, 1.82) is 0 Å². The Morgan fingerprint density at radius 2 is 2.05 bits per heavy atom. The lowest BCUT2D eigenvalue weighted by Crippen LogP contribution is -2.42. The van der Waals surface area contributed by atoms with Crippen molar-refractivity contribution >= 4 is 41.2 Å². The first-order chi connectivity index (χ1) is 8.93. The van der Waals surface area contributed by atoms with E-state index in [2.05, 4.69) is 5.32 Å². The lowest BCUT2D eigenvalue weighted by molar-refractivity contribution is -0.142. The van der Waals surface area contributed by atoms with Gasteiger partial charge in [-0.3, -0.25) is 4.79 Å². The number of carbonyl (C=O) groups is 2. The third kappa shape index (κ3) is 4.90. The first-order valence-electron chi connectivity index (χ1n) is 5.21. The molecule has 1 aromatic rings. The number of carboxylic acid groups (broad SMARTS) is 1. The summed E-state index contributed by atoms with van der Waals surface area (Å²) in [6.45, 7) is -0.688. The van der Waals surface area contributed by atoms with Gasteiger partial charge in [-0.05, 0) is 29.8 Å². The lowest BCUT2D eigenvalue weighted by atomic mass is 10.2. The van der Waals surface area contributed by atoms with Gasteiger partial charge in [-0.25, -0.2) is 4.79 Å². The molecule has 0 bridgehead atoms. The number of carboxylic acids is 1. The molecule has 0 spiro atoms. The summed E-state index contributed by atoms with van der Waals surface area (Å²) in [5.74, 6) is -1.97. The van der Waals surface area contributed by atoms with Crippen molar-refractivity contribution in [2.75, 3.05) is 6.61 Å². The molecule has 1 amide bonds. The van der Waals surface area contributed by atoms with Crippen LogP contribution in [-0.2, 0) is 9.59 Å². The minimum Gasteiger partial charge on any atom is -0.480 e. The number of hydrogen-bond donors (Lipinski definition) is 3. The fraction of sp³-hybridized carbons (Fsp3) is 0.167. The second-order valence-corrected chi connectivity index (χ2v) is 4.42. The van der Waals surface area contributed by atoms with Crippen LogP contribution < -0.4 is 5.32 Å². The first-order valence-corrected chi connectivity index (χ1v) is 5.97. The van der Waals surface area contributed by atoms with Crippen LogP contribution in [-0.4, -0.2) is 34.7 Å². The Labute approximate surface area is 119 Å². The number of halogens is 2. The summed E-state index contributed by atoms with van der Waals surface area (Å²) in [5.41, 5.74) is 0.528. The highest BCUT2D eigenvalue weighted by Gasteiger charge is 2.17. The van der Waals surface area contributed by atoms with E-state index >= 15 is 0 Å². The van der Waals surface area contributed by atoms with Crippen molar-refractivity contribution in [2.24, 2.45) is 0 Å². The molecule has 0 fully saturated rings. The standard InChI is InChI=1S/C12H11Cl2NO4/c13-8-2-3-9(14)7(5-8)1-4-11(17)15-10(6-16)12(18)19/h1-5,10,16H,6H2,(H,15,17)(H,18,19)/b4-1+/t10-/m1/s1. The molecule has 0 aliphatic rings. The summed E-state index contributed by atoms with van der Waals surface area (Å²) < 4.78 is 0. The van der Waals surface area contributed by atoms with Crippen LogP contribution in [0.3, 0.4) is 0 Å². The van der Waals surface area contributed by atoms with Crippen LogP contribution in [0, 0.1) is 0 Å². The molecule has 0 aromatic heterocycles. The average Bonchev–Trinajstić information content (AvgIpc) is 2.36. The number of carbonyl (C=O) groups excluding carboxylic acids is 1. The van der Waals surface area contributed by atoms with Crippen LogP contribution in [0.25, 0.3) is 6.08 Å². The molecular formula is C12H11Cl2NO4. The Balaban J connectivity index is 2.73. The normalized spacial score (nSPS) is 12.4. The van der Waals surface area contributed by atoms with Crippen LogP contribution >= 0.6 is 23.2 Å². The van der Waals surface area contributed by atoms with Gasteiger partial charge in [-0.1, -0.05) is 23.2 Å². The van der Waals surface area contributed by atoms with Crippen LogP contribution in [0.15, 0.2) is 24.3 Å². The molecule has 7 heteroatoms. The van der Waals surface area contributed by atoms with Crippen LogP contribution in [0.2, 0.25) is 10.0 Å². The van der Waals surface area contributed by atoms with Gasteiger partial charge in [-0.2, -0.15) is 0 Å². The molecule has 0 saturated carbocycles. The molecule has 1 aromatic carbocycles. The van der Waals surface area contributed by atoms with Crippen LogP contribution in [0.1, 0.15) is 5.56 Å². The Morgan fingerprint density at radius 3 is 2.63 bits per heavy atom. The Hall–Kier alpha value is -1.56. The summed E-state index contributed by atoms with van der Waals surface area (Å²) in [7, 11) is 0. The number of benzene rings is 1. The fourth-order valence-corrected chi connectivity index (χ4v) is 1.57. The van der Waals surface area contributed by atoms with E-state index in [4.69, 9.17) is 33.4 Å². The maximum Gasteiger partial charge on any atom is 0.328 e. The monoisotopic (exact) mass is 303 g/mol. The van der Waals surface area contributed by atoms with E-state index in [9.17, 15) is 9.59 Å². The van der Waals surface area contributed by atoms with Crippen LogP contribution in [0.5, 0.6) is 0 Å². The van der Waals surface area contributed by atoms with Gasteiger partial charge in [0.1, 0.15) is 0 Å². The summed E-state index contributed by atoms with van der Waals surface area (Å²) in [4.78, 5) is 22.0. The molecule has 19 heavy (non-hydrogen) atoms. The average molecular weight is 304 g/mol. The molecule has 102 valence electrons. The van der Waals surface area contributed by atoms with Gasteiger partial charge in [0.05, 0.1) is 6.61 Å². The number of aliphatic carboxylic acids is 1. The third-order valence-corrected chi connectivity index (χ3v) is 2.75. The molecule has 0 radical (unpaired) electrons. The zero-order chi connectivity index (χ0) is 14.4. The van der Waals surface area contributed by atoms with Gasteiger partial charge < -0.3 is 15.5 Å². The third-order valence-electron chi connectivity index (χ3n) is 2.17. The molecule has 1 rings (SSSR count). The van der Waals surface area contributed by atoms with Crippen molar-refractivity contribution in [3.63, 3.8) is 0 Å². The number of aliphatic hydroxyl groups excluding tert-OH is 1. The van der Waals surface area contributed by atoms with Gasteiger partial charge in [0, 0.05) is 16.1 Å². The van der Waals surface area contributed by atoms with Crippen LogP contribution in [0.4, 0.5) is 0 Å². The van der Waals surface area contributed by atoms with Gasteiger partial charge in [0.2, 0.25) is 5.91 Å². The second kappa shape index (κ2) is 7.13. The van der Waals surface area contributed by atoms with Gasteiger partial charge in [0.15, 0.2) is 6.04 Å². The van der Waals surface area contributed by atoms with Gasteiger partial charge >= 0.3 is 5.97 Å². The number of hydrogen-bond acceptors (Lipinski definition) is 3. The summed E-state index contributed by atoms with van der Waals surface area (Å²) >= 11 is 11.7. The van der Waals surface area contributed by atoms with E-state index in [0.717, 1.165) is 6.08 Å². The van der Waals surface area contributed by atoms with Crippen molar-refractivity contribution in [2.45, 2.75) is 6.04 Å². The summed E-state index contributed by atoms with van der Waals surface area (Å²) in [6, 6.07) is 3.41. The van der Waals surface area contributed by atoms with Crippen molar-refractivity contribution in [3.8, 4) is 0 Å². The van der Waals surface area contributed by atoms with E-state index in [1.165, 1.54) is 6.08 Å². The SMILES string of the molecule is O=C(/C=C/c1cc(Cl)ccc1Cl)N[C@H](CO)C(=O)O. The minimum absolute atomic E-state index is 0.408. The predicted molar refractivity (Wildman–Crippen MR) is 72.1 cm³/mol. The molecule has 0 aliphatic carbocycles. The van der Waals surface area contributed by atoms with Crippen molar-refractivity contribution in [3.05, 3.63) is 39.9 Å². The number of amides is 1. The molecule has 0 aliphatic heterocycles. The Morgan fingerprint density at radius 1 is 1.37 bits per heavy atom. The van der Waals surface area contributed by atoms with Crippen molar-refractivity contribution < 1.29 is 19.8 Å². The molecule has 0 saturated heterocycles. The molecule has 3 N–H and O–H groups in total. The zero-order valence-corrected chi connectivity index (χ0v) is 11.1. The molecule has 0 unspecified atom stereocenters. The molecule has 0 heterocycles. The highest BCUT2D eigenvalue weighted by atomic mass is 35.5. The maximum absolute atomic E-state index is 11.4. The maximum atomic E-state index is 11.4. The smallest absolute Gasteiger partial charge is 0.328 e. The Bertz CT molecular complexity index is 516. The van der Waals surface area contributed by atoms with E-state index in [1.807, 2.05) is 0 Å². The van der Waals surface area contributed by atoms with E-state index < -0.39 is 24.5 Å². The molecule has 1 atom stereocenters. The lowest BCUT2D eigenvalue weighted by Gasteiger charge is -2.09. The highest BCUT2D eigenvalue weighted by Crippen LogP contribution is 2.21. The Kier molecular flexibility index (Phi) is 5.82. The van der Waals surface area contributed by atoms with Gasteiger partial charge in [-0.15, -0.1) is 0 Å². The molecular weight excluding hydrogens is 293 g/mol. The van der Waals surface area contributed by atoms with E-state index in [-0.39, 0.29) is 0 Å². The summed E-state index contributed by atoms with van der Waals surface area (Å²) in [5, 5.41) is 20.4. The summed E-state index contributed by atoms with van der Waals surface area (Å²) in [6.07, 6.45) is 2.52. The first kappa shape index (κ1) is 15.5. The van der Waals surface area contributed by atoms with Crippen molar-refractivity contribution in [1.82, 2.24) is 5.32 Å². The quantitative estimate of drug-likeness (QED) is 0.721. The number of aliphatic hydroxyl groups is 1. The van der Waals surface area contributed by atoms with E-state index in [1.54, 1.807) is 18.2 Å². The predicted octanol–water partition coefficient (Wildman–Crippen LogP) is 1.57. The fourth-order valence-electron chi connectivity index (χ4n) is 1.21. The number of rotatable bonds is 5. The minimum atomic E-state index is -1.34. The largest absolute Gasteiger partial charge is 0.480 e. The zero-order valence-electron chi connectivity index (χ0n) is 9.64. The number of nitrogens with one attached hydrogen (secondary N) is 1. The van der Waals surface area contributed by atoms with Gasteiger partial charge in [0.25, 0.3) is 0 Å². The topological polar surface area (TPSA) is 86.6 Å².